The molecule has 3 heteroatoms. The van der Waals surface area contributed by atoms with Crippen LogP contribution in [0.15, 0.2) is 24.3 Å². The molecular formula is C13H23N3. The van der Waals surface area contributed by atoms with Gasteiger partial charge in [0.15, 0.2) is 0 Å². The second-order valence-electron chi connectivity index (χ2n) is 4.56. The maximum atomic E-state index is 5.57. The Balaban J connectivity index is 2.40. The Bertz CT molecular complexity index is 293. The van der Waals surface area contributed by atoms with Crippen molar-refractivity contribution in [2.24, 2.45) is 5.73 Å². The standard InChI is InChI=1S/C13H23N3/c1-15(2)8-9-16(3)11-13-6-4-12(10-14)5-7-13/h4-7H,8-11,14H2,1-3H3. The molecular weight excluding hydrogens is 198 g/mol. The van der Waals surface area contributed by atoms with E-state index in [2.05, 4.69) is 55.2 Å². The van der Waals surface area contributed by atoms with E-state index < -0.39 is 0 Å². The fourth-order valence-electron chi connectivity index (χ4n) is 1.54. The summed E-state index contributed by atoms with van der Waals surface area (Å²) in [5, 5.41) is 0. The molecule has 0 aliphatic rings. The van der Waals surface area contributed by atoms with Crippen LogP contribution in [0.25, 0.3) is 0 Å². The molecule has 0 spiro atoms. The summed E-state index contributed by atoms with van der Waals surface area (Å²) in [6.45, 7) is 3.80. The van der Waals surface area contributed by atoms with Crippen LogP contribution in [-0.2, 0) is 13.1 Å². The Kier molecular flexibility index (Phi) is 5.46. The van der Waals surface area contributed by atoms with E-state index in [0.29, 0.717) is 6.54 Å². The van der Waals surface area contributed by atoms with Crippen molar-refractivity contribution < 1.29 is 0 Å². The summed E-state index contributed by atoms with van der Waals surface area (Å²) in [7, 11) is 6.36. The van der Waals surface area contributed by atoms with Gasteiger partial charge in [0.2, 0.25) is 0 Å². The largest absolute Gasteiger partial charge is 0.326 e. The van der Waals surface area contributed by atoms with Crippen molar-refractivity contribution >= 4 is 0 Å². The molecule has 0 radical (unpaired) electrons. The fourth-order valence-corrected chi connectivity index (χ4v) is 1.54. The molecule has 0 aliphatic carbocycles. The van der Waals surface area contributed by atoms with Gasteiger partial charge in [0.05, 0.1) is 0 Å². The van der Waals surface area contributed by atoms with Gasteiger partial charge in [-0.15, -0.1) is 0 Å². The van der Waals surface area contributed by atoms with E-state index in [4.69, 9.17) is 5.73 Å². The first-order valence-electron chi connectivity index (χ1n) is 5.73. The van der Waals surface area contributed by atoms with E-state index in [-0.39, 0.29) is 0 Å². The molecule has 3 nitrogen and oxygen atoms in total. The lowest BCUT2D eigenvalue weighted by molar-refractivity contribution is 0.276. The van der Waals surface area contributed by atoms with Crippen molar-refractivity contribution in [2.75, 3.05) is 34.2 Å². The zero-order chi connectivity index (χ0) is 12.0. The number of hydrogen-bond donors (Lipinski definition) is 1. The number of rotatable bonds is 6. The third-order valence-electron chi connectivity index (χ3n) is 2.64. The number of nitrogens with two attached hydrogens (primary N) is 1. The van der Waals surface area contributed by atoms with Crippen LogP contribution in [0.1, 0.15) is 11.1 Å². The lowest BCUT2D eigenvalue weighted by atomic mass is 10.1. The van der Waals surface area contributed by atoms with Gasteiger partial charge < -0.3 is 15.5 Å². The van der Waals surface area contributed by atoms with Gasteiger partial charge >= 0.3 is 0 Å². The molecule has 1 aromatic rings. The molecule has 1 aromatic carbocycles. The maximum absolute atomic E-state index is 5.57. The molecule has 0 amide bonds. The predicted octanol–water partition coefficient (Wildman–Crippen LogP) is 1.14. The summed E-state index contributed by atoms with van der Waals surface area (Å²) in [6.07, 6.45) is 0. The van der Waals surface area contributed by atoms with E-state index in [1.54, 1.807) is 0 Å². The maximum Gasteiger partial charge on any atom is 0.0231 e. The summed E-state index contributed by atoms with van der Waals surface area (Å²) in [4.78, 5) is 4.53. The van der Waals surface area contributed by atoms with Crippen LogP contribution >= 0.6 is 0 Å². The van der Waals surface area contributed by atoms with Gasteiger partial charge in [-0.25, -0.2) is 0 Å². The van der Waals surface area contributed by atoms with Gasteiger partial charge in [0.1, 0.15) is 0 Å². The monoisotopic (exact) mass is 221 g/mol. The number of benzene rings is 1. The number of hydrogen-bond acceptors (Lipinski definition) is 3. The zero-order valence-electron chi connectivity index (χ0n) is 10.6. The Hall–Kier alpha value is -0.900. The normalized spacial score (nSPS) is 11.4. The molecule has 16 heavy (non-hydrogen) atoms. The fraction of sp³-hybridized carbons (Fsp3) is 0.538. The average molecular weight is 221 g/mol. The number of nitrogens with zero attached hydrogens (tertiary/aromatic N) is 2. The lowest BCUT2D eigenvalue weighted by Gasteiger charge is -2.19. The smallest absolute Gasteiger partial charge is 0.0231 e. The van der Waals surface area contributed by atoms with Crippen molar-refractivity contribution in [2.45, 2.75) is 13.1 Å². The SMILES string of the molecule is CN(C)CCN(C)Cc1ccc(CN)cc1. The predicted molar refractivity (Wildman–Crippen MR) is 69.2 cm³/mol. The second kappa shape index (κ2) is 6.63. The lowest BCUT2D eigenvalue weighted by Crippen LogP contribution is -2.28. The highest BCUT2D eigenvalue weighted by molar-refractivity contribution is 5.22. The molecule has 1 rings (SSSR count). The Labute approximate surface area is 98.8 Å². The molecule has 0 atom stereocenters. The Morgan fingerprint density at radius 2 is 1.50 bits per heavy atom. The van der Waals surface area contributed by atoms with Gasteiger partial charge in [0.25, 0.3) is 0 Å². The van der Waals surface area contributed by atoms with Gasteiger partial charge in [-0.3, -0.25) is 0 Å². The highest BCUT2D eigenvalue weighted by Gasteiger charge is 2.00. The summed E-state index contributed by atoms with van der Waals surface area (Å²) in [5.74, 6) is 0. The number of likely N-dealkylation sites (N-methyl/N-ethyl adjacent to an activating group) is 2. The minimum absolute atomic E-state index is 0.622. The van der Waals surface area contributed by atoms with Crippen LogP contribution in [0.2, 0.25) is 0 Å². The van der Waals surface area contributed by atoms with Crippen molar-refractivity contribution in [1.82, 2.24) is 9.80 Å². The highest BCUT2D eigenvalue weighted by atomic mass is 15.1. The van der Waals surface area contributed by atoms with Gasteiger partial charge in [0, 0.05) is 26.2 Å². The van der Waals surface area contributed by atoms with Crippen LogP contribution in [0.4, 0.5) is 0 Å². The van der Waals surface area contributed by atoms with E-state index in [1.165, 1.54) is 11.1 Å². The minimum Gasteiger partial charge on any atom is -0.326 e. The first kappa shape index (κ1) is 13.2. The summed E-state index contributed by atoms with van der Waals surface area (Å²) >= 11 is 0. The molecule has 0 unspecified atom stereocenters. The molecule has 90 valence electrons. The van der Waals surface area contributed by atoms with E-state index in [1.807, 2.05) is 0 Å². The molecule has 0 bridgehead atoms. The first-order chi connectivity index (χ1) is 7.61. The molecule has 0 saturated heterocycles. The topological polar surface area (TPSA) is 32.5 Å². The van der Waals surface area contributed by atoms with Crippen LogP contribution in [0.5, 0.6) is 0 Å². The van der Waals surface area contributed by atoms with E-state index in [9.17, 15) is 0 Å². The molecule has 0 heterocycles. The minimum atomic E-state index is 0.622. The first-order valence-corrected chi connectivity index (χ1v) is 5.73. The molecule has 0 aromatic heterocycles. The average Bonchev–Trinajstić information content (AvgIpc) is 2.27. The van der Waals surface area contributed by atoms with Gasteiger partial charge in [-0.05, 0) is 32.3 Å². The Morgan fingerprint density at radius 3 is 2.00 bits per heavy atom. The van der Waals surface area contributed by atoms with Gasteiger partial charge in [-0.1, -0.05) is 24.3 Å². The van der Waals surface area contributed by atoms with Crippen molar-refractivity contribution in [1.29, 1.82) is 0 Å². The van der Waals surface area contributed by atoms with E-state index >= 15 is 0 Å². The zero-order valence-corrected chi connectivity index (χ0v) is 10.6. The van der Waals surface area contributed by atoms with Crippen LogP contribution in [0, 0.1) is 0 Å². The molecule has 2 N–H and O–H groups in total. The van der Waals surface area contributed by atoms with Gasteiger partial charge in [-0.2, -0.15) is 0 Å². The van der Waals surface area contributed by atoms with Crippen molar-refractivity contribution in [3.8, 4) is 0 Å². The van der Waals surface area contributed by atoms with E-state index in [0.717, 1.165) is 19.6 Å². The summed E-state index contributed by atoms with van der Waals surface area (Å²) in [5.41, 5.74) is 8.11. The Morgan fingerprint density at radius 1 is 0.938 bits per heavy atom. The van der Waals surface area contributed by atoms with Crippen LogP contribution < -0.4 is 5.73 Å². The molecule has 0 saturated carbocycles. The third-order valence-corrected chi connectivity index (χ3v) is 2.64. The third kappa shape index (κ3) is 4.75. The molecule has 0 fully saturated rings. The van der Waals surface area contributed by atoms with Crippen LogP contribution in [0.3, 0.4) is 0 Å². The van der Waals surface area contributed by atoms with Crippen LogP contribution in [-0.4, -0.2) is 44.0 Å². The van der Waals surface area contributed by atoms with Crippen molar-refractivity contribution in [3.63, 3.8) is 0 Å². The highest BCUT2D eigenvalue weighted by Crippen LogP contribution is 2.06. The quantitative estimate of drug-likeness (QED) is 0.782. The summed E-state index contributed by atoms with van der Waals surface area (Å²) in [6, 6.07) is 8.53. The van der Waals surface area contributed by atoms with Crippen molar-refractivity contribution in [3.05, 3.63) is 35.4 Å². The second-order valence-corrected chi connectivity index (χ2v) is 4.56. The molecule has 0 aliphatic heterocycles. The summed E-state index contributed by atoms with van der Waals surface area (Å²) < 4.78 is 0.